The molecule has 0 saturated carbocycles. The number of ether oxygens (including phenoxy) is 1. The molecule has 2 N–H and O–H groups in total. The summed E-state index contributed by atoms with van der Waals surface area (Å²) in [5.41, 5.74) is 0. The molecule has 0 aliphatic heterocycles. The molecule has 0 aromatic rings. The van der Waals surface area contributed by atoms with Crippen molar-refractivity contribution in [3.05, 3.63) is 0 Å². The Hall–Kier alpha value is -1.82. The highest BCUT2D eigenvalue weighted by Gasteiger charge is 2.25. The number of esters is 1. The molecule has 0 rings (SSSR count). The highest BCUT2D eigenvalue weighted by atomic mass is 31.0. The zero-order valence-corrected chi connectivity index (χ0v) is 15.7. The van der Waals surface area contributed by atoms with E-state index in [0.29, 0.717) is 12.7 Å². The maximum absolute atomic E-state index is 11.9. The van der Waals surface area contributed by atoms with Crippen molar-refractivity contribution in [2.24, 2.45) is 5.92 Å². The van der Waals surface area contributed by atoms with Crippen molar-refractivity contribution in [3.63, 3.8) is 0 Å². The number of amides is 1. The molecule has 2 unspecified atom stereocenters. The largest absolute Gasteiger partial charge is 0.481 e. The average molecular weight is 363 g/mol. The SMILES string of the molecule is CC[C@@H](CC(=O)N[C@H](C=O)CCC(=O)O)C(=O)OC(C)C(C)=O.P. The smallest absolute Gasteiger partial charge is 0.310 e. The van der Waals surface area contributed by atoms with E-state index < -0.39 is 35.9 Å². The Balaban J connectivity index is 0. The van der Waals surface area contributed by atoms with Crippen molar-refractivity contribution < 1.29 is 33.8 Å². The second-order valence-corrected chi connectivity index (χ2v) is 5.24. The van der Waals surface area contributed by atoms with Crippen LogP contribution < -0.4 is 5.32 Å². The van der Waals surface area contributed by atoms with E-state index in [9.17, 15) is 24.0 Å². The van der Waals surface area contributed by atoms with Gasteiger partial charge in [-0.05, 0) is 26.7 Å². The molecular formula is C15H26NO7P. The number of aliphatic carboxylic acids is 1. The van der Waals surface area contributed by atoms with Crippen LogP contribution in [0.4, 0.5) is 0 Å². The predicted molar refractivity (Wildman–Crippen MR) is 90.6 cm³/mol. The summed E-state index contributed by atoms with van der Waals surface area (Å²) in [6, 6.07) is -0.914. The van der Waals surface area contributed by atoms with E-state index in [-0.39, 0.29) is 34.9 Å². The number of carbonyl (C=O) groups excluding carboxylic acids is 4. The molecule has 4 atom stereocenters. The number of hydrogen-bond acceptors (Lipinski definition) is 6. The van der Waals surface area contributed by atoms with E-state index >= 15 is 0 Å². The predicted octanol–water partition coefficient (Wildman–Crippen LogP) is 0.530. The van der Waals surface area contributed by atoms with Gasteiger partial charge in [-0.25, -0.2) is 0 Å². The van der Waals surface area contributed by atoms with Crippen molar-refractivity contribution in [2.75, 3.05) is 0 Å². The van der Waals surface area contributed by atoms with E-state index in [0.717, 1.165) is 0 Å². The summed E-state index contributed by atoms with van der Waals surface area (Å²) >= 11 is 0. The van der Waals surface area contributed by atoms with Gasteiger partial charge in [0.15, 0.2) is 11.9 Å². The zero-order chi connectivity index (χ0) is 18.0. The van der Waals surface area contributed by atoms with E-state index in [1.807, 2.05) is 0 Å². The lowest BCUT2D eigenvalue weighted by Crippen LogP contribution is -2.38. The normalized spacial score (nSPS) is 13.6. The lowest BCUT2D eigenvalue weighted by Gasteiger charge is -2.18. The highest BCUT2D eigenvalue weighted by molar-refractivity contribution is 6.92. The Kier molecular flexibility index (Phi) is 12.8. The number of Topliss-reactive ketones (excluding diaryl/α,β-unsaturated/α-hetero) is 1. The third-order valence-corrected chi connectivity index (χ3v) is 3.30. The summed E-state index contributed by atoms with van der Waals surface area (Å²) in [6.45, 7) is 4.43. The molecule has 0 fully saturated rings. The van der Waals surface area contributed by atoms with Crippen LogP contribution in [0.3, 0.4) is 0 Å². The number of carbonyl (C=O) groups is 5. The number of hydrogen-bond donors (Lipinski definition) is 2. The van der Waals surface area contributed by atoms with Gasteiger partial charge in [-0.1, -0.05) is 6.92 Å². The number of aldehydes is 1. The molecular weight excluding hydrogens is 337 g/mol. The molecule has 0 heterocycles. The molecule has 0 bridgehead atoms. The zero-order valence-electron chi connectivity index (χ0n) is 14.2. The summed E-state index contributed by atoms with van der Waals surface area (Å²) in [6.07, 6.45) is -0.558. The van der Waals surface area contributed by atoms with Crippen LogP contribution in [0.5, 0.6) is 0 Å². The summed E-state index contributed by atoms with van der Waals surface area (Å²) in [5.74, 6) is -3.31. The Morgan fingerprint density at radius 3 is 2.25 bits per heavy atom. The topological polar surface area (TPSA) is 127 Å². The van der Waals surface area contributed by atoms with Crippen LogP contribution in [0.1, 0.15) is 46.5 Å². The summed E-state index contributed by atoms with van der Waals surface area (Å²) in [7, 11) is 0. The van der Waals surface area contributed by atoms with Gasteiger partial charge in [-0.2, -0.15) is 9.90 Å². The van der Waals surface area contributed by atoms with Gasteiger partial charge >= 0.3 is 11.9 Å². The summed E-state index contributed by atoms with van der Waals surface area (Å²) in [4.78, 5) is 56.1. The number of nitrogens with one attached hydrogen (secondary N) is 1. The molecule has 1 amide bonds. The van der Waals surface area contributed by atoms with Gasteiger partial charge in [0.05, 0.1) is 12.0 Å². The second-order valence-electron chi connectivity index (χ2n) is 5.24. The van der Waals surface area contributed by atoms with E-state index in [2.05, 4.69) is 5.32 Å². The quantitative estimate of drug-likeness (QED) is 0.311. The highest BCUT2D eigenvalue weighted by Crippen LogP contribution is 2.12. The molecule has 0 aliphatic carbocycles. The standard InChI is InChI=1S/C15H23NO7.H3P/c1-4-11(15(22)23-10(3)9(2)18)7-13(19)16-12(8-17)5-6-14(20)21;/h8,10-12H,4-7H2,1-3H3,(H,16,19)(H,20,21);1H3/t10?,11-,12-;/m0./s1. The molecule has 0 aromatic carbocycles. The number of rotatable bonds is 11. The molecule has 0 radical (unpaired) electrons. The van der Waals surface area contributed by atoms with Crippen LogP contribution in [0.25, 0.3) is 0 Å². The molecule has 138 valence electrons. The first-order chi connectivity index (χ1) is 10.7. The Bertz CT molecular complexity index is 467. The van der Waals surface area contributed by atoms with Gasteiger partial charge in [0.1, 0.15) is 6.29 Å². The fraction of sp³-hybridized carbons (Fsp3) is 0.667. The van der Waals surface area contributed by atoms with E-state index in [1.54, 1.807) is 6.92 Å². The minimum Gasteiger partial charge on any atom is -0.481 e. The number of carboxylic acids is 1. The Labute approximate surface area is 144 Å². The van der Waals surface area contributed by atoms with Gasteiger partial charge in [0.2, 0.25) is 5.91 Å². The molecule has 0 aliphatic rings. The fourth-order valence-electron chi connectivity index (χ4n) is 1.69. The summed E-state index contributed by atoms with van der Waals surface area (Å²) < 4.78 is 4.96. The van der Waals surface area contributed by atoms with Crippen LogP contribution in [0.2, 0.25) is 0 Å². The Morgan fingerprint density at radius 1 is 1.25 bits per heavy atom. The van der Waals surface area contributed by atoms with Crippen LogP contribution >= 0.6 is 9.90 Å². The van der Waals surface area contributed by atoms with Crippen LogP contribution in [0, 0.1) is 5.92 Å². The fourth-order valence-corrected chi connectivity index (χ4v) is 1.69. The van der Waals surface area contributed by atoms with Crippen LogP contribution in [0.15, 0.2) is 0 Å². The lowest BCUT2D eigenvalue weighted by atomic mass is 10.0. The maximum atomic E-state index is 11.9. The molecule has 24 heavy (non-hydrogen) atoms. The van der Waals surface area contributed by atoms with E-state index in [4.69, 9.17) is 9.84 Å². The number of carboxylic acid groups (broad SMARTS) is 1. The van der Waals surface area contributed by atoms with Gasteiger partial charge < -0.3 is 20.0 Å². The van der Waals surface area contributed by atoms with Crippen LogP contribution in [-0.4, -0.2) is 47.2 Å². The third-order valence-electron chi connectivity index (χ3n) is 3.30. The third kappa shape index (κ3) is 10.0. The summed E-state index contributed by atoms with van der Waals surface area (Å²) in [5, 5.41) is 10.9. The van der Waals surface area contributed by atoms with Gasteiger partial charge in [-0.15, -0.1) is 0 Å². The molecule has 8 nitrogen and oxygen atoms in total. The number of ketones is 1. The van der Waals surface area contributed by atoms with Crippen molar-refractivity contribution in [1.82, 2.24) is 5.32 Å². The first-order valence-electron chi connectivity index (χ1n) is 7.38. The van der Waals surface area contributed by atoms with Crippen molar-refractivity contribution in [2.45, 2.75) is 58.6 Å². The van der Waals surface area contributed by atoms with Gasteiger partial charge in [-0.3, -0.25) is 19.2 Å². The van der Waals surface area contributed by atoms with Gasteiger partial charge in [0, 0.05) is 12.8 Å². The van der Waals surface area contributed by atoms with Crippen molar-refractivity contribution >= 4 is 39.8 Å². The lowest BCUT2D eigenvalue weighted by molar-refractivity contribution is -0.158. The molecule has 0 saturated heterocycles. The minimum atomic E-state index is -1.07. The Morgan fingerprint density at radius 2 is 1.83 bits per heavy atom. The monoisotopic (exact) mass is 363 g/mol. The maximum Gasteiger partial charge on any atom is 0.310 e. The molecule has 0 spiro atoms. The first-order valence-corrected chi connectivity index (χ1v) is 7.38. The first kappa shape index (κ1) is 24.4. The average Bonchev–Trinajstić information content (AvgIpc) is 2.48. The molecule has 9 heteroatoms. The van der Waals surface area contributed by atoms with Crippen molar-refractivity contribution in [1.29, 1.82) is 0 Å². The minimum absolute atomic E-state index is 0. The van der Waals surface area contributed by atoms with Gasteiger partial charge in [0.25, 0.3) is 0 Å². The molecule has 0 aromatic heterocycles. The second kappa shape index (κ2) is 12.6. The van der Waals surface area contributed by atoms with Crippen LogP contribution in [-0.2, 0) is 28.7 Å². The van der Waals surface area contributed by atoms with Crippen molar-refractivity contribution in [3.8, 4) is 0 Å². The van der Waals surface area contributed by atoms with E-state index in [1.165, 1.54) is 13.8 Å².